The van der Waals surface area contributed by atoms with E-state index in [-0.39, 0.29) is 44.1 Å². The number of fused-ring (bicyclic) bond motifs is 2. The maximum Gasteiger partial charge on any atom is 0.353 e. The summed E-state index contributed by atoms with van der Waals surface area (Å²) in [5, 5.41) is 8.93. The Morgan fingerprint density at radius 2 is 1.97 bits per heavy atom. The number of hydrogen-bond donors (Lipinski definition) is 0. The van der Waals surface area contributed by atoms with E-state index in [2.05, 4.69) is 38.4 Å². The van der Waals surface area contributed by atoms with Crippen LogP contribution in [0, 0.1) is 11.3 Å². The first kappa shape index (κ1) is 26.9. The fourth-order valence-corrected chi connectivity index (χ4v) is 6.26. The first-order valence-corrected chi connectivity index (χ1v) is 13.0. The molecule has 2 rings (SSSR count). The molecule has 2 heterocycles. The average molecular weight is 474 g/mol. The van der Waals surface area contributed by atoms with Gasteiger partial charge in [-0.15, -0.1) is 0 Å². The van der Waals surface area contributed by atoms with E-state index < -0.39 is 33.9 Å². The van der Waals surface area contributed by atoms with Crippen molar-refractivity contribution in [2.45, 2.75) is 69.8 Å². The van der Waals surface area contributed by atoms with Crippen LogP contribution < -0.4 is 0 Å². The molecular formula is C19H33BN2O7P2. The third-order valence-electron chi connectivity index (χ3n) is 5.16. The highest BCUT2D eigenvalue weighted by Gasteiger charge is 2.57. The van der Waals surface area contributed by atoms with Crippen LogP contribution >= 0.6 is 16.1 Å². The molecule has 2 radical (unpaired) electrons. The van der Waals surface area contributed by atoms with Gasteiger partial charge in [0.2, 0.25) is 0 Å². The van der Waals surface area contributed by atoms with Gasteiger partial charge >= 0.3 is 7.60 Å². The quantitative estimate of drug-likeness (QED) is 0.238. The van der Waals surface area contributed by atoms with Gasteiger partial charge in [-0.2, -0.15) is 5.26 Å². The Balaban J connectivity index is 2.36. The number of rotatable bonds is 12. The minimum absolute atomic E-state index is 0.138. The minimum atomic E-state index is -3.41. The minimum Gasteiger partial charge on any atom is -0.372 e. The van der Waals surface area contributed by atoms with E-state index in [1.54, 1.807) is 6.08 Å². The van der Waals surface area contributed by atoms with Gasteiger partial charge in [0.15, 0.2) is 0 Å². The summed E-state index contributed by atoms with van der Waals surface area (Å²) >= 11 is 0. The summed E-state index contributed by atoms with van der Waals surface area (Å²) in [4.78, 5) is 0. The van der Waals surface area contributed by atoms with Crippen molar-refractivity contribution in [3.63, 3.8) is 0 Å². The van der Waals surface area contributed by atoms with Gasteiger partial charge in [0.25, 0.3) is 8.53 Å². The van der Waals surface area contributed by atoms with Crippen molar-refractivity contribution in [2.75, 3.05) is 34.0 Å². The van der Waals surface area contributed by atoms with E-state index in [4.69, 9.17) is 40.7 Å². The highest BCUT2D eigenvalue weighted by molar-refractivity contribution is 7.57. The van der Waals surface area contributed by atoms with Gasteiger partial charge in [-0.25, -0.2) is 4.67 Å². The highest BCUT2D eigenvalue weighted by Crippen LogP contribution is 2.55. The first-order chi connectivity index (χ1) is 14.6. The third kappa shape index (κ3) is 6.38. The van der Waals surface area contributed by atoms with Crippen LogP contribution in [0.3, 0.4) is 0 Å². The Hall–Kier alpha value is -0.325. The zero-order chi connectivity index (χ0) is 23.2. The van der Waals surface area contributed by atoms with Crippen LogP contribution in [0.15, 0.2) is 11.9 Å². The zero-order valence-electron chi connectivity index (χ0n) is 19.1. The molecule has 5 atom stereocenters. The van der Waals surface area contributed by atoms with Crippen molar-refractivity contribution in [3.8, 4) is 6.07 Å². The molecule has 0 amide bonds. The lowest BCUT2D eigenvalue weighted by molar-refractivity contribution is -0.0945. The van der Waals surface area contributed by atoms with Crippen molar-refractivity contribution in [2.24, 2.45) is 0 Å². The van der Waals surface area contributed by atoms with Crippen LogP contribution in [-0.2, 0) is 32.1 Å². The van der Waals surface area contributed by atoms with Crippen molar-refractivity contribution >= 4 is 24.0 Å². The van der Waals surface area contributed by atoms with Crippen LogP contribution in [0.2, 0.25) is 5.82 Å². The summed E-state index contributed by atoms with van der Waals surface area (Å²) in [5.74, 6) is 0.987. The largest absolute Gasteiger partial charge is 0.372 e. The summed E-state index contributed by atoms with van der Waals surface area (Å²) in [7, 11) is 3.92. The lowest BCUT2D eigenvalue weighted by atomic mass is 9.76. The Kier molecular flexibility index (Phi) is 10.2. The molecule has 0 aromatic heterocycles. The lowest BCUT2D eigenvalue weighted by Crippen LogP contribution is -2.52. The normalized spacial score (nSPS) is 29.9. The summed E-state index contributed by atoms with van der Waals surface area (Å²) in [5.41, 5.74) is -1.01. The maximum absolute atomic E-state index is 12.6. The number of ether oxygens (including phenoxy) is 2. The third-order valence-corrected chi connectivity index (χ3v) is 8.81. The number of nitrogens with zero attached hydrogens (tertiary/aromatic N) is 2. The second kappa shape index (κ2) is 11.7. The predicted octanol–water partition coefficient (Wildman–Crippen LogP) is 3.77. The topological polar surface area (TPSA) is 99.5 Å². The van der Waals surface area contributed by atoms with Crippen LogP contribution in [0.25, 0.3) is 0 Å². The van der Waals surface area contributed by atoms with E-state index in [0.717, 1.165) is 0 Å². The fraction of sp³-hybridized carbons (Fsp3) is 0.842. The van der Waals surface area contributed by atoms with Crippen molar-refractivity contribution in [1.29, 1.82) is 5.26 Å². The molecule has 31 heavy (non-hydrogen) atoms. The molecule has 2 saturated heterocycles. The molecule has 174 valence electrons. The van der Waals surface area contributed by atoms with Gasteiger partial charge in [-0.3, -0.25) is 4.57 Å². The van der Waals surface area contributed by atoms with Gasteiger partial charge in [0.05, 0.1) is 39.7 Å². The monoisotopic (exact) mass is 474 g/mol. The van der Waals surface area contributed by atoms with Gasteiger partial charge in [-0.05, 0) is 39.6 Å². The van der Waals surface area contributed by atoms with Crippen LogP contribution in [0.4, 0.5) is 0 Å². The molecule has 1 unspecified atom stereocenters. The molecule has 0 aromatic carbocycles. The van der Waals surface area contributed by atoms with Gasteiger partial charge in [0, 0.05) is 38.7 Å². The molecule has 2 aliphatic rings. The molecule has 2 aliphatic heterocycles. The molecule has 0 aromatic rings. The summed E-state index contributed by atoms with van der Waals surface area (Å²) in [6, 6.07) is 2.37. The van der Waals surface area contributed by atoms with Crippen LogP contribution in [0.5, 0.6) is 0 Å². The Labute approximate surface area is 188 Å². The molecule has 0 N–H and O–H groups in total. The van der Waals surface area contributed by atoms with Crippen LogP contribution in [-0.4, -0.2) is 76.4 Å². The fourth-order valence-electron chi connectivity index (χ4n) is 3.64. The van der Waals surface area contributed by atoms with Crippen molar-refractivity contribution < 1.29 is 32.1 Å². The van der Waals surface area contributed by atoms with E-state index >= 15 is 0 Å². The first-order valence-electron chi connectivity index (χ1n) is 10.3. The van der Waals surface area contributed by atoms with Gasteiger partial charge in [-0.1, -0.05) is 0 Å². The van der Waals surface area contributed by atoms with Gasteiger partial charge < -0.3 is 27.6 Å². The number of nitriles is 1. The van der Waals surface area contributed by atoms with E-state index in [1.807, 2.05) is 0 Å². The smallest absolute Gasteiger partial charge is 0.353 e. The zero-order valence-corrected chi connectivity index (χ0v) is 20.9. The summed E-state index contributed by atoms with van der Waals surface area (Å²) < 4.78 is 49.3. The van der Waals surface area contributed by atoms with Crippen molar-refractivity contribution in [1.82, 2.24) is 4.67 Å². The summed E-state index contributed by atoms with van der Waals surface area (Å²) in [6.07, 6.45) is 0.870. The standard InChI is InChI=1S/C19H33BN2O7P2/c1-14(2)22(15(3)4)30(28-10-7-9-21)29-18-17-16(20)12-27-19(18,13-26-17)8-11-31(23,24-5)25-6/h8,11,14-18H,7,10,12-13H2,1-6H3/b11-8+/t16-,17+,18+,19+,30?/m1/s1. The molecule has 0 spiro atoms. The molecule has 12 heteroatoms. The predicted molar refractivity (Wildman–Crippen MR) is 119 cm³/mol. The van der Waals surface area contributed by atoms with Gasteiger partial charge in [0.1, 0.15) is 11.7 Å². The van der Waals surface area contributed by atoms with E-state index in [1.165, 1.54) is 20.0 Å². The highest BCUT2D eigenvalue weighted by atomic mass is 31.2. The Morgan fingerprint density at radius 1 is 1.32 bits per heavy atom. The number of hydrogen-bond acceptors (Lipinski definition) is 9. The SMILES string of the molecule is [B][C@@H]1CO[C@@]2(/C=C/P(=O)(OC)OC)CO[C@@H]1[C@@H]2OP(OCCC#N)N(C(C)C)C(C)C. The molecule has 2 fully saturated rings. The molecular weight excluding hydrogens is 441 g/mol. The van der Waals surface area contributed by atoms with Crippen LogP contribution in [0.1, 0.15) is 34.1 Å². The molecule has 0 saturated carbocycles. The average Bonchev–Trinajstić information content (AvgIpc) is 2.98. The molecule has 2 bridgehead atoms. The van der Waals surface area contributed by atoms with Crippen molar-refractivity contribution in [3.05, 3.63) is 11.9 Å². The summed E-state index contributed by atoms with van der Waals surface area (Å²) in [6.45, 7) is 8.93. The maximum atomic E-state index is 12.6. The second-order valence-corrected chi connectivity index (χ2v) is 11.5. The lowest BCUT2D eigenvalue weighted by Gasteiger charge is -2.44. The molecule has 9 nitrogen and oxygen atoms in total. The second-order valence-electron chi connectivity index (χ2n) is 8.00. The van der Waals surface area contributed by atoms with E-state index in [0.29, 0.717) is 0 Å². The van der Waals surface area contributed by atoms with E-state index in [9.17, 15) is 4.57 Å². The molecule has 0 aliphatic carbocycles. The Bertz CT molecular complexity index is 689. The Morgan fingerprint density at radius 3 is 2.52 bits per heavy atom.